The van der Waals surface area contributed by atoms with Gasteiger partial charge in [0, 0.05) is 18.8 Å². The number of carbonyl (C=O) groups is 1. The van der Waals surface area contributed by atoms with E-state index in [9.17, 15) is 4.79 Å². The Morgan fingerprint density at radius 1 is 1.03 bits per heavy atom. The fourth-order valence-electron chi connectivity index (χ4n) is 3.88. The molecule has 0 atom stereocenters. The number of aryl methyl sites for hydroxylation is 2. The number of anilines is 1. The van der Waals surface area contributed by atoms with E-state index in [4.69, 9.17) is 10.1 Å². The lowest BCUT2D eigenvalue weighted by Gasteiger charge is -2.26. The van der Waals surface area contributed by atoms with E-state index >= 15 is 0 Å². The zero-order chi connectivity index (χ0) is 23.7. The number of carboxylic acid groups (broad SMARTS) is 1. The normalized spacial score (nSPS) is 15.2. The van der Waals surface area contributed by atoms with Crippen molar-refractivity contribution >= 4 is 11.8 Å². The molecule has 0 radical (unpaired) electrons. The maximum Gasteiger partial charge on any atom is 0.304 e. The van der Waals surface area contributed by atoms with Crippen LogP contribution >= 0.6 is 0 Å². The Kier molecular flexibility index (Phi) is 13.2. The fourth-order valence-corrected chi connectivity index (χ4v) is 3.88. The number of carboxylic acids is 1. The molecule has 0 amide bonds. The summed E-state index contributed by atoms with van der Waals surface area (Å²) in [5, 5.41) is 11.6. The number of nitrogens with one attached hydrogen (secondary N) is 1. The fraction of sp³-hybridized carbons (Fsp3) is 0.556. The first kappa shape index (κ1) is 26.8. The van der Waals surface area contributed by atoms with Gasteiger partial charge in [-0.25, -0.2) is 4.98 Å². The van der Waals surface area contributed by atoms with Gasteiger partial charge in [-0.1, -0.05) is 48.9 Å². The number of piperidine rings is 1. The molecule has 33 heavy (non-hydrogen) atoms. The highest BCUT2D eigenvalue weighted by Crippen LogP contribution is 2.20. The molecule has 2 aliphatic heterocycles. The average molecular weight is 455 g/mol. The minimum absolute atomic E-state index is 0.229. The maximum atomic E-state index is 9.88. The number of fused-ring (bicyclic) bond motifs is 1. The maximum absolute atomic E-state index is 9.88. The van der Waals surface area contributed by atoms with Crippen LogP contribution in [0, 0.1) is 0 Å². The number of pyridine rings is 1. The predicted octanol–water partition coefficient (Wildman–Crippen LogP) is 4.57. The van der Waals surface area contributed by atoms with Crippen LogP contribution in [0.5, 0.6) is 0 Å². The van der Waals surface area contributed by atoms with E-state index in [1.807, 2.05) is 55.4 Å². The molecule has 1 saturated heterocycles. The highest BCUT2D eigenvalue weighted by molar-refractivity contribution is 5.66. The second kappa shape index (κ2) is 16.2. The van der Waals surface area contributed by atoms with E-state index in [1.165, 1.54) is 69.4 Å². The van der Waals surface area contributed by atoms with Crippen molar-refractivity contribution in [3.8, 4) is 0 Å². The standard InChI is InChI=1S/C16H25N3.C6H6.C5H11NO2/c1-2-11-19(12-3-1)13-5-7-15-9-8-14-6-4-10-17-16(14)18-15;1-2-4-6-5-3-1;1-6(2)4-3-5(7)8/h8-9H,1-7,10-13H2,(H,17,18);1-6H;3-4H2,1-2H3,(H,7,8). The Morgan fingerprint density at radius 3 is 2.27 bits per heavy atom. The molecule has 182 valence electrons. The Balaban J connectivity index is 0.000000227. The van der Waals surface area contributed by atoms with Crippen LogP contribution in [0.1, 0.15) is 49.8 Å². The summed E-state index contributed by atoms with van der Waals surface area (Å²) in [6, 6.07) is 16.5. The minimum Gasteiger partial charge on any atom is -0.481 e. The molecule has 6 nitrogen and oxygen atoms in total. The van der Waals surface area contributed by atoms with E-state index < -0.39 is 5.97 Å². The summed E-state index contributed by atoms with van der Waals surface area (Å²) in [6.45, 7) is 5.55. The highest BCUT2D eigenvalue weighted by atomic mass is 16.4. The molecule has 6 heteroatoms. The Bertz CT molecular complexity index is 750. The Morgan fingerprint density at radius 2 is 1.70 bits per heavy atom. The summed E-state index contributed by atoms with van der Waals surface area (Å²) in [4.78, 5) is 19.1. The third-order valence-corrected chi connectivity index (χ3v) is 5.75. The van der Waals surface area contributed by atoms with Gasteiger partial charge in [0.25, 0.3) is 0 Å². The summed E-state index contributed by atoms with van der Waals surface area (Å²) in [5.41, 5.74) is 2.65. The number of aliphatic carboxylic acids is 1. The zero-order valence-electron chi connectivity index (χ0n) is 20.5. The van der Waals surface area contributed by atoms with Crippen molar-refractivity contribution in [3.05, 3.63) is 59.8 Å². The van der Waals surface area contributed by atoms with Crippen molar-refractivity contribution in [3.63, 3.8) is 0 Å². The monoisotopic (exact) mass is 454 g/mol. The lowest BCUT2D eigenvalue weighted by Crippen LogP contribution is -2.30. The largest absolute Gasteiger partial charge is 0.481 e. The van der Waals surface area contributed by atoms with Gasteiger partial charge in [0.2, 0.25) is 0 Å². The summed E-state index contributed by atoms with van der Waals surface area (Å²) in [6.07, 6.45) is 9.22. The van der Waals surface area contributed by atoms with Crippen LogP contribution in [0.4, 0.5) is 5.82 Å². The number of hydrogen-bond donors (Lipinski definition) is 2. The smallest absolute Gasteiger partial charge is 0.304 e. The molecule has 2 aliphatic rings. The lowest BCUT2D eigenvalue weighted by atomic mass is 10.1. The molecular formula is C27H42N4O2. The van der Waals surface area contributed by atoms with Gasteiger partial charge in [-0.15, -0.1) is 0 Å². The van der Waals surface area contributed by atoms with Crippen molar-refractivity contribution in [2.45, 2.75) is 51.4 Å². The summed E-state index contributed by atoms with van der Waals surface area (Å²) < 4.78 is 0. The summed E-state index contributed by atoms with van der Waals surface area (Å²) >= 11 is 0. The first-order valence-corrected chi connectivity index (χ1v) is 12.4. The number of likely N-dealkylation sites (tertiary alicyclic amines) is 1. The van der Waals surface area contributed by atoms with Gasteiger partial charge in [-0.2, -0.15) is 0 Å². The van der Waals surface area contributed by atoms with Gasteiger partial charge in [-0.3, -0.25) is 4.79 Å². The van der Waals surface area contributed by atoms with E-state index in [-0.39, 0.29) is 6.42 Å². The summed E-state index contributed by atoms with van der Waals surface area (Å²) in [7, 11) is 3.70. The molecule has 1 aromatic heterocycles. The number of hydrogen-bond acceptors (Lipinski definition) is 5. The van der Waals surface area contributed by atoms with E-state index in [2.05, 4.69) is 22.3 Å². The first-order valence-electron chi connectivity index (χ1n) is 12.4. The van der Waals surface area contributed by atoms with Crippen molar-refractivity contribution in [1.82, 2.24) is 14.8 Å². The number of nitrogens with zero attached hydrogens (tertiary/aromatic N) is 3. The molecule has 0 saturated carbocycles. The topological polar surface area (TPSA) is 68.7 Å². The van der Waals surface area contributed by atoms with Gasteiger partial charge in [-0.05, 0) is 83.9 Å². The minimum atomic E-state index is -0.737. The van der Waals surface area contributed by atoms with Crippen molar-refractivity contribution in [1.29, 1.82) is 0 Å². The molecule has 0 bridgehead atoms. The third-order valence-electron chi connectivity index (χ3n) is 5.75. The van der Waals surface area contributed by atoms with Crippen LogP contribution in [-0.4, -0.2) is 72.7 Å². The second-order valence-corrected chi connectivity index (χ2v) is 8.95. The van der Waals surface area contributed by atoms with E-state index in [1.54, 1.807) is 0 Å². The Labute approximate surface area is 200 Å². The van der Waals surface area contributed by atoms with Crippen molar-refractivity contribution in [2.75, 3.05) is 52.1 Å². The first-order chi connectivity index (χ1) is 16.0. The quantitative estimate of drug-likeness (QED) is 0.639. The molecule has 0 unspecified atom stereocenters. The van der Waals surface area contributed by atoms with E-state index in [0.29, 0.717) is 6.54 Å². The summed E-state index contributed by atoms with van der Waals surface area (Å²) in [5.74, 6) is 0.403. The van der Waals surface area contributed by atoms with Crippen LogP contribution in [0.3, 0.4) is 0 Å². The molecule has 1 aromatic carbocycles. The zero-order valence-corrected chi connectivity index (χ0v) is 20.5. The molecule has 2 aromatic rings. The molecular weight excluding hydrogens is 412 g/mol. The van der Waals surface area contributed by atoms with Gasteiger partial charge in [0.1, 0.15) is 5.82 Å². The molecule has 1 fully saturated rings. The van der Waals surface area contributed by atoms with Gasteiger partial charge in [0.15, 0.2) is 0 Å². The van der Waals surface area contributed by atoms with Crippen LogP contribution in [0.25, 0.3) is 0 Å². The lowest BCUT2D eigenvalue weighted by molar-refractivity contribution is -0.137. The predicted molar refractivity (Wildman–Crippen MR) is 137 cm³/mol. The number of aromatic nitrogens is 1. The van der Waals surface area contributed by atoms with Gasteiger partial charge < -0.3 is 20.2 Å². The Hall–Kier alpha value is -2.44. The average Bonchev–Trinajstić information content (AvgIpc) is 2.85. The van der Waals surface area contributed by atoms with Gasteiger partial charge in [0.05, 0.1) is 6.42 Å². The van der Waals surface area contributed by atoms with Crippen LogP contribution in [-0.2, 0) is 17.6 Å². The number of benzene rings is 1. The van der Waals surface area contributed by atoms with Crippen LogP contribution in [0.2, 0.25) is 0 Å². The van der Waals surface area contributed by atoms with Crippen LogP contribution in [0.15, 0.2) is 48.5 Å². The van der Waals surface area contributed by atoms with Gasteiger partial charge >= 0.3 is 5.97 Å². The van der Waals surface area contributed by atoms with E-state index in [0.717, 1.165) is 18.8 Å². The van der Waals surface area contributed by atoms with Crippen molar-refractivity contribution in [2.24, 2.45) is 0 Å². The highest BCUT2D eigenvalue weighted by Gasteiger charge is 2.12. The molecule has 3 heterocycles. The molecule has 0 aliphatic carbocycles. The SMILES string of the molecule is CN(C)CCC(=O)O.c1cc2c(nc1CCCN1CCCCC1)NCCC2.c1ccccc1. The van der Waals surface area contributed by atoms with Crippen molar-refractivity contribution < 1.29 is 9.90 Å². The molecule has 0 spiro atoms. The molecule has 4 rings (SSSR count). The third kappa shape index (κ3) is 12.4. The van der Waals surface area contributed by atoms with Crippen LogP contribution < -0.4 is 5.32 Å². The number of rotatable bonds is 7. The second-order valence-electron chi connectivity index (χ2n) is 8.95. The molecule has 2 N–H and O–H groups in total.